The predicted molar refractivity (Wildman–Crippen MR) is 114 cm³/mol. The van der Waals surface area contributed by atoms with Gasteiger partial charge in [0.2, 0.25) is 5.78 Å². The summed E-state index contributed by atoms with van der Waals surface area (Å²) >= 11 is 0. The molecule has 2 N–H and O–H groups in total. The van der Waals surface area contributed by atoms with E-state index in [1.54, 1.807) is 13.2 Å². The summed E-state index contributed by atoms with van der Waals surface area (Å²) in [5.41, 5.74) is 1.91. The summed E-state index contributed by atoms with van der Waals surface area (Å²) in [5.74, 6) is 0.0856. The zero-order valence-electron chi connectivity index (χ0n) is 17.2. The summed E-state index contributed by atoms with van der Waals surface area (Å²) in [7, 11) is 5.70. The number of hydrogen-bond donors (Lipinski definition) is 2. The first kappa shape index (κ1) is 19.8. The zero-order chi connectivity index (χ0) is 21.4. The van der Waals surface area contributed by atoms with Crippen LogP contribution >= 0.6 is 0 Å². The number of benzene rings is 2. The van der Waals surface area contributed by atoms with Gasteiger partial charge in [-0.1, -0.05) is 0 Å². The normalized spacial score (nSPS) is 14.5. The molecule has 0 saturated heterocycles. The molecule has 156 valence electrons. The Kier molecular flexibility index (Phi) is 5.13. The number of fused-ring (bicyclic) bond motifs is 2. The van der Waals surface area contributed by atoms with Crippen LogP contribution in [0.1, 0.15) is 22.3 Å². The molecular formula is C23H24N2O5. The van der Waals surface area contributed by atoms with Gasteiger partial charge in [0.15, 0.2) is 5.76 Å². The van der Waals surface area contributed by atoms with Crippen LogP contribution in [0.5, 0.6) is 23.0 Å². The van der Waals surface area contributed by atoms with Gasteiger partial charge in [0.25, 0.3) is 0 Å². The monoisotopic (exact) mass is 408 g/mol. The highest BCUT2D eigenvalue weighted by Crippen LogP contribution is 2.41. The number of aryl methyl sites for hydroxylation is 1. The Morgan fingerprint density at radius 3 is 2.73 bits per heavy atom. The van der Waals surface area contributed by atoms with Crippen molar-refractivity contribution < 1.29 is 24.5 Å². The van der Waals surface area contributed by atoms with E-state index in [1.807, 2.05) is 38.5 Å². The third-order valence-electron chi connectivity index (χ3n) is 5.15. The molecule has 1 aromatic heterocycles. The van der Waals surface area contributed by atoms with Crippen LogP contribution in [0.2, 0.25) is 0 Å². The van der Waals surface area contributed by atoms with Crippen LogP contribution in [0.4, 0.5) is 0 Å². The first-order valence-electron chi connectivity index (χ1n) is 9.69. The summed E-state index contributed by atoms with van der Waals surface area (Å²) in [6, 6.07) is 8.29. The molecule has 0 spiro atoms. The van der Waals surface area contributed by atoms with Gasteiger partial charge in [-0.3, -0.25) is 4.79 Å². The van der Waals surface area contributed by atoms with Gasteiger partial charge in [-0.05, 0) is 51.3 Å². The number of ketones is 1. The van der Waals surface area contributed by atoms with Gasteiger partial charge in [0, 0.05) is 41.3 Å². The fourth-order valence-corrected chi connectivity index (χ4v) is 3.71. The lowest BCUT2D eigenvalue weighted by Crippen LogP contribution is -2.14. The van der Waals surface area contributed by atoms with E-state index >= 15 is 0 Å². The average molecular weight is 408 g/mol. The molecule has 1 aliphatic heterocycles. The molecular weight excluding hydrogens is 384 g/mol. The molecule has 0 atom stereocenters. The zero-order valence-corrected chi connectivity index (χ0v) is 17.2. The van der Waals surface area contributed by atoms with E-state index in [9.17, 15) is 15.0 Å². The molecule has 0 amide bonds. The lowest BCUT2D eigenvalue weighted by molar-refractivity contribution is 0.101. The van der Waals surface area contributed by atoms with Crippen molar-refractivity contribution in [3.63, 3.8) is 0 Å². The molecule has 2 aromatic carbocycles. The van der Waals surface area contributed by atoms with E-state index in [2.05, 4.69) is 9.47 Å². The summed E-state index contributed by atoms with van der Waals surface area (Å²) in [6.07, 6.45) is 4.64. The van der Waals surface area contributed by atoms with Gasteiger partial charge in [0.05, 0.1) is 7.11 Å². The predicted octanol–water partition coefficient (Wildman–Crippen LogP) is 3.63. The molecule has 0 saturated carbocycles. The molecule has 4 rings (SSSR count). The summed E-state index contributed by atoms with van der Waals surface area (Å²) in [5, 5.41) is 20.6. The maximum absolute atomic E-state index is 12.8. The quantitative estimate of drug-likeness (QED) is 0.606. The van der Waals surface area contributed by atoms with Crippen molar-refractivity contribution in [3.8, 4) is 23.0 Å². The molecule has 0 fully saturated rings. The van der Waals surface area contributed by atoms with Gasteiger partial charge in [-0.25, -0.2) is 0 Å². The molecule has 3 aromatic rings. The first-order chi connectivity index (χ1) is 14.4. The van der Waals surface area contributed by atoms with Crippen LogP contribution in [0, 0.1) is 0 Å². The second-order valence-corrected chi connectivity index (χ2v) is 7.60. The second-order valence-electron chi connectivity index (χ2n) is 7.60. The third-order valence-corrected chi connectivity index (χ3v) is 5.15. The van der Waals surface area contributed by atoms with Crippen molar-refractivity contribution in [3.05, 3.63) is 53.4 Å². The smallest absolute Gasteiger partial charge is 0.235 e. The molecule has 0 aliphatic carbocycles. The van der Waals surface area contributed by atoms with Crippen molar-refractivity contribution >= 4 is 22.8 Å². The number of aromatic hydroxyl groups is 2. The Balaban J connectivity index is 1.75. The van der Waals surface area contributed by atoms with Crippen LogP contribution < -0.4 is 9.47 Å². The number of Topliss-reactive ketones (excluding diaryl/α,β-unsaturated/α-hetero) is 1. The largest absolute Gasteiger partial charge is 0.508 e. The lowest BCUT2D eigenvalue weighted by Gasteiger charge is -2.10. The number of rotatable bonds is 6. The minimum atomic E-state index is -0.418. The Morgan fingerprint density at radius 2 is 2.00 bits per heavy atom. The fourth-order valence-electron chi connectivity index (χ4n) is 3.71. The highest BCUT2D eigenvalue weighted by molar-refractivity contribution is 6.16. The lowest BCUT2D eigenvalue weighted by atomic mass is 10.1. The molecule has 2 heterocycles. The third kappa shape index (κ3) is 3.59. The van der Waals surface area contributed by atoms with Crippen LogP contribution in [0.15, 0.2) is 42.3 Å². The number of carbonyl (C=O) groups excluding carboxylic acids is 1. The Hall–Kier alpha value is -3.45. The maximum Gasteiger partial charge on any atom is 0.235 e. The number of ether oxygens (including phenoxy) is 2. The van der Waals surface area contributed by atoms with Crippen molar-refractivity contribution in [1.82, 2.24) is 9.47 Å². The molecule has 1 aliphatic rings. The van der Waals surface area contributed by atoms with Crippen LogP contribution in [0.25, 0.3) is 17.0 Å². The number of methoxy groups -OCH3 is 1. The number of carbonyl (C=O) groups is 1. The van der Waals surface area contributed by atoms with Gasteiger partial charge in [-0.2, -0.15) is 0 Å². The average Bonchev–Trinajstić information content (AvgIpc) is 3.19. The fraction of sp³-hybridized carbons (Fsp3) is 0.261. The summed E-state index contributed by atoms with van der Waals surface area (Å²) in [6.45, 7) is 1.79. The molecule has 0 bridgehead atoms. The molecule has 7 nitrogen and oxygen atoms in total. The Labute approximate surface area is 174 Å². The summed E-state index contributed by atoms with van der Waals surface area (Å²) in [4.78, 5) is 14.9. The van der Waals surface area contributed by atoms with Crippen LogP contribution in [-0.2, 0) is 6.54 Å². The number of phenols is 2. The number of allylic oxidation sites excluding steroid dienone is 1. The molecule has 0 unspecified atom stereocenters. The highest BCUT2D eigenvalue weighted by Gasteiger charge is 2.31. The van der Waals surface area contributed by atoms with E-state index in [1.165, 1.54) is 6.07 Å². The molecule has 30 heavy (non-hydrogen) atoms. The molecule has 0 radical (unpaired) electrons. The summed E-state index contributed by atoms with van der Waals surface area (Å²) < 4.78 is 13.2. The van der Waals surface area contributed by atoms with E-state index in [0.29, 0.717) is 0 Å². The van der Waals surface area contributed by atoms with E-state index < -0.39 is 5.78 Å². The van der Waals surface area contributed by atoms with Crippen molar-refractivity contribution in [2.75, 3.05) is 27.7 Å². The highest BCUT2D eigenvalue weighted by atomic mass is 16.5. The maximum atomic E-state index is 12.8. The standard InChI is InChI=1S/C23H24N2O5/c1-24(2)7-4-8-25-13-14(17-12-16(29-3)5-6-18(17)25)9-21-23(28)22-19(27)10-15(26)11-20(22)30-21/h5-6,9-13,26-27H,4,7-8H2,1-3H3. The second kappa shape index (κ2) is 7.76. The van der Waals surface area contributed by atoms with E-state index in [4.69, 9.17) is 9.47 Å². The number of nitrogens with zero attached hydrogens (tertiary/aromatic N) is 2. The van der Waals surface area contributed by atoms with Crippen LogP contribution in [0.3, 0.4) is 0 Å². The van der Waals surface area contributed by atoms with Crippen molar-refractivity contribution in [1.29, 1.82) is 0 Å². The molecule has 7 heteroatoms. The SMILES string of the molecule is COc1ccc2c(c1)c(C=C1Oc3cc(O)cc(O)c3C1=O)cn2CCCN(C)C. The van der Waals surface area contributed by atoms with Crippen molar-refractivity contribution in [2.45, 2.75) is 13.0 Å². The van der Waals surface area contributed by atoms with Crippen molar-refractivity contribution in [2.24, 2.45) is 0 Å². The minimum Gasteiger partial charge on any atom is -0.508 e. The van der Waals surface area contributed by atoms with E-state index in [0.717, 1.165) is 47.8 Å². The van der Waals surface area contributed by atoms with Gasteiger partial charge in [-0.15, -0.1) is 0 Å². The number of aromatic nitrogens is 1. The van der Waals surface area contributed by atoms with Gasteiger partial charge in [0.1, 0.15) is 28.6 Å². The number of hydrogen-bond acceptors (Lipinski definition) is 6. The topological polar surface area (TPSA) is 84.2 Å². The Morgan fingerprint density at radius 1 is 1.20 bits per heavy atom. The minimum absolute atomic E-state index is 0.0614. The van der Waals surface area contributed by atoms with Gasteiger partial charge >= 0.3 is 0 Å². The van der Waals surface area contributed by atoms with Crippen LogP contribution in [-0.4, -0.2) is 53.2 Å². The number of phenolic OH excluding ortho intramolecular Hbond substituents is 2. The Bertz CT molecular complexity index is 1160. The van der Waals surface area contributed by atoms with Gasteiger partial charge < -0.3 is 29.2 Å². The first-order valence-corrected chi connectivity index (χ1v) is 9.69. The van der Waals surface area contributed by atoms with E-state index in [-0.39, 0.29) is 28.6 Å².